The van der Waals surface area contributed by atoms with Crippen LogP contribution < -0.4 is 10.5 Å². The Kier molecular flexibility index (Phi) is 3.35. The standard InChI is InChI=1S/C12H18N2O3S/c1-9-7-10(3-4-11(9)13)18(16,17)14-12(8-15)5-2-6-12/h3-4,7,14-15H,2,5-6,8,13H2,1H3. The Morgan fingerprint density at radius 1 is 1.44 bits per heavy atom. The number of anilines is 1. The smallest absolute Gasteiger partial charge is 0.241 e. The van der Waals surface area contributed by atoms with Crippen LogP contribution in [0.3, 0.4) is 0 Å². The molecule has 0 bridgehead atoms. The summed E-state index contributed by atoms with van der Waals surface area (Å²) < 4.78 is 27.0. The fourth-order valence-corrected chi connectivity index (χ4v) is 3.59. The molecular weight excluding hydrogens is 252 g/mol. The number of hydrogen-bond acceptors (Lipinski definition) is 4. The largest absolute Gasteiger partial charge is 0.399 e. The molecule has 6 heteroatoms. The molecule has 0 aromatic heterocycles. The van der Waals surface area contributed by atoms with Crippen molar-refractivity contribution in [2.24, 2.45) is 0 Å². The van der Waals surface area contributed by atoms with E-state index in [-0.39, 0.29) is 11.5 Å². The minimum atomic E-state index is -3.60. The maximum atomic E-state index is 12.2. The van der Waals surface area contributed by atoms with E-state index >= 15 is 0 Å². The van der Waals surface area contributed by atoms with Gasteiger partial charge in [-0.1, -0.05) is 0 Å². The highest BCUT2D eigenvalue weighted by Gasteiger charge is 2.40. The number of aryl methyl sites for hydroxylation is 1. The third kappa shape index (κ3) is 2.36. The molecule has 0 amide bonds. The summed E-state index contributed by atoms with van der Waals surface area (Å²) in [4.78, 5) is 0.189. The summed E-state index contributed by atoms with van der Waals surface area (Å²) in [6.07, 6.45) is 2.29. The molecule has 1 aromatic rings. The van der Waals surface area contributed by atoms with Crippen LogP contribution in [0.4, 0.5) is 5.69 Å². The number of nitrogens with two attached hydrogens (primary N) is 1. The van der Waals surface area contributed by atoms with Gasteiger partial charge in [-0.3, -0.25) is 0 Å². The van der Waals surface area contributed by atoms with E-state index in [1.165, 1.54) is 6.07 Å². The zero-order valence-corrected chi connectivity index (χ0v) is 11.1. The Morgan fingerprint density at radius 3 is 2.56 bits per heavy atom. The Hall–Kier alpha value is -1.11. The molecule has 1 aliphatic carbocycles. The fourth-order valence-electron chi connectivity index (χ4n) is 2.06. The lowest BCUT2D eigenvalue weighted by atomic mass is 9.78. The third-order valence-corrected chi connectivity index (χ3v) is 5.09. The van der Waals surface area contributed by atoms with E-state index < -0.39 is 15.6 Å². The number of aliphatic hydroxyl groups excluding tert-OH is 1. The maximum absolute atomic E-state index is 12.2. The number of aliphatic hydroxyl groups is 1. The van der Waals surface area contributed by atoms with Crippen LogP contribution in [-0.2, 0) is 10.0 Å². The van der Waals surface area contributed by atoms with Crippen LogP contribution in [0.15, 0.2) is 23.1 Å². The molecular formula is C12H18N2O3S. The van der Waals surface area contributed by atoms with Gasteiger partial charge in [-0.15, -0.1) is 0 Å². The minimum Gasteiger partial charge on any atom is -0.399 e. The third-order valence-electron chi connectivity index (χ3n) is 3.52. The first kappa shape index (κ1) is 13.3. The summed E-state index contributed by atoms with van der Waals surface area (Å²) in [6.45, 7) is 1.60. The van der Waals surface area contributed by atoms with Crippen LogP contribution in [0, 0.1) is 6.92 Å². The van der Waals surface area contributed by atoms with Gasteiger partial charge in [-0.2, -0.15) is 0 Å². The zero-order valence-electron chi connectivity index (χ0n) is 10.3. The molecule has 100 valence electrons. The van der Waals surface area contributed by atoms with Crippen LogP contribution in [0.25, 0.3) is 0 Å². The Balaban J connectivity index is 2.28. The summed E-state index contributed by atoms with van der Waals surface area (Å²) in [5.41, 5.74) is 6.29. The van der Waals surface area contributed by atoms with Gasteiger partial charge in [0.15, 0.2) is 0 Å². The summed E-state index contributed by atoms with van der Waals surface area (Å²) >= 11 is 0. The van der Waals surface area contributed by atoms with Gasteiger partial charge in [0, 0.05) is 5.69 Å². The van der Waals surface area contributed by atoms with Crippen molar-refractivity contribution in [1.29, 1.82) is 0 Å². The van der Waals surface area contributed by atoms with Crippen molar-refractivity contribution >= 4 is 15.7 Å². The van der Waals surface area contributed by atoms with Gasteiger partial charge in [0.25, 0.3) is 0 Å². The Labute approximate surface area is 107 Å². The summed E-state index contributed by atoms with van der Waals surface area (Å²) in [5.74, 6) is 0. The lowest BCUT2D eigenvalue weighted by Crippen LogP contribution is -2.55. The molecule has 1 aliphatic rings. The van der Waals surface area contributed by atoms with Crippen molar-refractivity contribution in [2.45, 2.75) is 36.6 Å². The van der Waals surface area contributed by atoms with Gasteiger partial charge in [0.2, 0.25) is 10.0 Å². The molecule has 0 saturated heterocycles. The molecule has 18 heavy (non-hydrogen) atoms. The van der Waals surface area contributed by atoms with E-state index in [2.05, 4.69) is 4.72 Å². The molecule has 5 nitrogen and oxygen atoms in total. The first-order valence-electron chi connectivity index (χ1n) is 5.90. The van der Waals surface area contributed by atoms with E-state index in [9.17, 15) is 13.5 Å². The number of rotatable bonds is 4. The first-order valence-corrected chi connectivity index (χ1v) is 7.38. The lowest BCUT2D eigenvalue weighted by Gasteiger charge is -2.40. The minimum absolute atomic E-state index is 0.166. The van der Waals surface area contributed by atoms with Gasteiger partial charge in [0.1, 0.15) is 0 Å². The van der Waals surface area contributed by atoms with Crippen molar-refractivity contribution in [3.8, 4) is 0 Å². The van der Waals surface area contributed by atoms with Gasteiger partial charge >= 0.3 is 0 Å². The molecule has 1 saturated carbocycles. The summed E-state index contributed by atoms with van der Waals surface area (Å²) in [7, 11) is -3.60. The summed E-state index contributed by atoms with van der Waals surface area (Å²) in [5, 5.41) is 9.30. The van der Waals surface area contributed by atoms with E-state index in [1.54, 1.807) is 19.1 Å². The molecule has 0 heterocycles. The molecule has 2 rings (SSSR count). The molecule has 1 aromatic carbocycles. The monoisotopic (exact) mass is 270 g/mol. The van der Waals surface area contributed by atoms with Gasteiger partial charge in [-0.25, -0.2) is 13.1 Å². The van der Waals surface area contributed by atoms with Crippen LogP contribution >= 0.6 is 0 Å². The molecule has 0 atom stereocenters. The van der Waals surface area contributed by atoms with Crippen LogP contribution in [-0.4, -0.2) is 25.7 Å². The van der Waals surface area contributed by atoms with E-state index in [0.29, 0.717) is 18.5 Å². The molecule has 4 N–H and O–H groups in total. The Bertz CT molecular complexity index is 545. The van der Waals surface area contributed by atoms with E-state index in [0.717, 1.165) is 12.0 Å². The molecule has 0 radical (unpaired) electrons. The first-order chi connectivity index (χ1) is 8.38. The second-order valence-corrected chi connectivity index (χ2v) is 6.60. The predicted molar refractivity (Wildman–Crippen MR) is 69.6 cm³/mol. The molecule has 0 spiro atoms. The average Bonchev–Trinajstić information content (AvgIpc) is 2.27. The van der Waals surface area contributed by atoms with Crippen LogP contribution in [0.1, 0.15) is 24.8 Å². The maximum Gasteiger partial charge on any atom is 0.241 e. The predicted octanol–water partition coefficient (Wildman–Crippen LogP) is 0.771. The quantitative estimate of drug-likeness (QED) is 0.705. The zero-order chi connectivity index (χ0) is 13.4. The van der Waals surface area contributed by atoms with Crippen molar-refractivity contribution < 1.29 is 13.5 Å². The molecule has 0 unspecified atom stereocenters. The number of nitrogens with one attached hydrogen (secondary N) is 1. The highest BCUT2D eigenvalue weighted by molar-refractivity contribution is 7.89. The number of benzene rings is 1. The molecule has 1 fully saturated rings. The fraction of sp³-hybridized carbons (Fsp3) is 0.500. The van der Waals surface area contributed by atoms with Gasteiger partial charge < -0.3 is 10.8 Å². The topological polar surface area (TPSA) is 92.4 Å². The average molecular weight is 270 g/mol. The SMILES string of the molecule is Cc1cc(S(=O)(=O)NC2(CO)CCC2)ccc1N. The highest BCUT2D eigenvalue weighted by Crippen LogP contribution is 2.33. The van der Waals surface area contributed by atoms with Crippen LogP contribution in [0.2, 0.25) is 0 Å². The second kappa shape index (κ2) is 4.53. The van der Waals surface area contributed by atoms with Crippen molar-refractivity contribution in [2.75, 3.05) is 12.3 Å². The van der Waals surface area contributed by atoms with Crippen molar-refractivity contribution in [3.05, 3.63) is 23.8 Å². The summed E-state index contributed by atoms with van der Waals surface area (Å²) in [6, 6.07) is 4.60. The van der Waals surface area contributed by atoms with Crippen LogP contribution in [0.5, 0.6) is 0 Å². The van der Waals surface area contributed by atoms with E-state index in [4.69, 9.17) is 5.73 Å². The van der Waals surface area contributed by atoms with Crippen molar-refractivity contribution in [3.63, 3.8) is 0 Å². The van der Waals surface area contributed by atoms with Gasteiger partial charge in [0.05, 0.1) is 17.0 Å². The second-order valence-electron chi connectivity index (χ2n) is 4.92. The Morgan fingerprint density at radius 2 is 2.11 bits per heavy atom. The molecule has 0 aliphatic heterocycles. The lowest BCUT2D eigenvalue weighted by molar-refractivity contribution is 0.110. The normalized spacial score (nSPS) is 18.3. The number of sulfonamides is 1. The highest BCUT2D eigenvalue weighted by atomic mass is 32.2. The van der Waals surface area contributed by atoms with E-state index in [1.807, 2.05) is 0 Å². The van der Waals surface area contributed by atoms with Crippen molar-refractivity contribution in [1.82, 2.24) is 4.72 Å². The van der Waals surface area contributed by atoms with Gasteiger partial charge in [-0.05, 0) is 49.9 Å². The number of nitrogen functional groups attached to an aromatic ring is 1. The number of hydrogen-bond donors (Lipinski definition) is 3.